The first-order valence-electron chi connectivity index (χ1n) is 7.36. The lowest BCUT2D eigenvalue weighted by molar-refractivity contribution is 0.0247. The highest BCUT2D eigenvalue weighted by Crippen LogP contribution is 2.46. The van der Waals surface area contributed by atoms with Gasteiger partial charge in [-0.1, -0.05) is 20.8 Å². The second kappa shape index (κ2) is 6.36. The van der Waals surface area contributed by atoms with Crippen molar-refractivity contribution < 1.29 is 4.74 Å². The molecule has 1 fully saturated rings. The van der Waals surface area contributed by atoms with Crippen LogP contribution in [0.4, 0.5) is 0 Å². The van der Waals surface area contributed by atoms with E-state index in [0.717, 1.165) is 19.7 Å². The lowest BCUT2D eigenvalue weighted by Crippen LogP contribution is -2.57. The fraction of sp³-hybridized carbons (Fsp3) is 1.00. The van der Waals surface area contributed by atoms with Gasteiger partial charge in [0.2, 0.25) is 0 Å². The van der Waals surface area contributed by atoms with Gasteiger partial charge in [-0.05, 0) is 38.0 Å². The van der Waals surface area contributed by atoms with Gasteiger partial charge >= 0.3 is 0 Å². The van der Waals surface area contributed by atoms with Gasteiger partial charge in [0.25, 0.3) is 0 Å². The van der Waals surface area contributed by atoms with Crippen molar-refractivity contribution >= 4 is 0 Å². The van der Waals surface area contributed by atoms with Crippen LogP contribution in [0.1, 0.15) is 53.4 Å². The third-order valence-electron chi connectivity index (χ3n) is 4.72. The summed E-state index contributed by atoms with van der Waals surface area (Å²) >= 11 is 0. The SMILES string of the molecule is CCC(C)N(CCOC)C1(CN)CCC(C)(C)C1. The molecule has 1 rings (SSSR count). The molecule has 0 amide bonds. The zero-order valence-corrected chi connectivity index (χ0v) is 13.0. The Bertz CT molecular complexity index is 255. The van der Waals surface area contributed by atoms with E-state index in [1.807, 2.05) is 0 Å². The molecule has 0 radical (unpaired) electrons. The predicted octanol–water partition coefficient (Wildman–Crippen LogP) is 2.64. The summed E-state index contributed by atoms with van der Waals surface area (Å²) < 4.78 is 5.29. The summed E-state index contributed by atoms with van der Waals surface area (Å²) in [4.78, 5) is 2.62. The average Bonchev–Trinajstić information content (AvgIpc) is 2.66. The molecule has 2 atom stereocenters. The van der Waals surface area contributed by atoms with Crippen LogP contribution in [0.25, 0.3) is 0 Å². The standard InChI is InChI=1S/C15H32N2O/c1-6-13(2)17(9-10-18-5)15(12-16)8-7-14(3,4)11-15/h13H,6-12,16H2,1-5H3. The van der Waals surface area contributed by atoms with Crippen LogP contribution in [-0.4, -0.2) is 43.3 Å². The molecule has 18 heavy (non-hydrogen) atoms. The van der Waals surface area contributed by atoms with Gasteiger partial charge in [0.1, 0.15) is 0 Å². The van der Waals surface area contributed by atoms with Crippen LogP contribution >= 0.6 is 0 Å². The third-order valence-corrected chi connectivity index (χ3v) is 4.72. The zero-order valence-electron chi connectivity index (χ0n) is 13.0. The van der Waals surface area contributed by atoms with Gasteiger partial charge in [0, 0.05) is 31.8 Å². The fourth-order valence-electron chi connectivity index (χ4n) is 3.51. The van der Waals surface area contributed by atoms with Gasteiger partial charge in [0.15, 0.2) is 0 Å². The molecular weight excluding hydrogens is 224 g/mol. The van der Waals surface area contributed by atoms with Crippen LogP contribution in [0.5, 0.6) is 0 Å². The average molecular weight is 256 g/mol. The molecule has 0 heterocycles. The molecule has 1 aliphatic rings. The topological polar surface area (TPSA) is 38.5 Å². The molecule has 0 aromatic rings. The van der Waals surface area contributed by atoms with E-state index in [2.05, 4.69) is 32.6 Å². The van der Waals surface area contributed by atoms with Crippen molar-refractivity contribution in [1.29, 1.82) is 0 Å². The summed E-state index contributed by atoms with van der Waals surface area (Å²) in [5.41, 5.74) is 6.79. The molecule has 1 aliphatic carbocycles. The molecule has 0 bridgehead atoms. The van der Waals surface area contributed by atoms with Crippen LogP contribution in [0.15, 0.2) is 0 Å². The van der Waals surface area contributed by atoms with Crippen LogP contribution in [-0.2, 0) is 4.74 Å². The maximum Gasteiger partial charge on any atom is 0.0590 e. The molecule has 0 aromatic heterocycles. The lowest BCUT2D eigenvalue weighted by atomic mass is 9.85. The minimum Gasteiger partial charge on any atom is -0.383 e. The van der Waals surface area contributed by atoms with Crippen molar-refractivity contribution in [2.75, 3.05) is 26.8 Å². The van der Waals surface area contributed by atoms with E-state index in [0.29, 0.717) is 11.5 Å². The summed E-state index contributed by atoms with van der Waals surface area (Å²) in [5, 5.41) is 0. The number of nitrogens with zero attached hydrogens (tertiary/aromatic N) is 1. The minimum atomic E-state index is 0.192. The van der Waals surface area contributed by atoms with Gasteiger partial charge in [0.05, 0.1) is 6.61 Å². The van der Waals surface area contributed by atoms with Crippen molar-refractivity contribution in [3.63, 3.8) is 0 Å². The highest BCUT2D eigenvalue weighted by Gasteiger charge is 2.46. The number of hydrogen-bond acceptors (Lipinski definition) is 3. The maximum atomic E-state index is 6.17. The van der Waals surface area contributed by atoms with Crippen molar-refractivity contribution in [1.82, 2.24) is 4.90 Å². The zero-order chi connectivity index (χ0) is 13.8. The largest absolute Gasteiger partial charge is 0.383 e. The van der Waals surface area contributed by atoms with Gasteiger partial charge < -0.3 is 10.5 Å². The summed E-state index contributed by atoms with van der Waals surface area (Å²) in [6.07, 6.45) is 4.89. The number of rotatable bonds is 7. The van der Waals surface area contributed by atoms with E-state index >= 15 is 0 Å². The first-order valence-corrected chi connectivity index (χ1v) is 7.36. The quantitative estimate of drug-likeness (QED) is 0.761. The Balaban J connectivity index is 2.86. The molecule has 0 aromatic carbocycles. The molecule has 1 saturated carbocycles. The fourth-order valence-corrected chi connectivity index (χ4v) is 3.51. The Kier molecular flexibility index (Phi) is 5.63. The first-order chi connectivity index (χ1) is 8.40. The monoisotopic (exact) mass is 256 g/mol. The van der Waals surface area contributed by atoms with Crippen molar-refractivity contribution in [2.45, 2.75) is 65.0 Å². The predicted molar refractivity (Wildman–Crippen MR) is 77.8 cm³/mol. The Hall–Kier alpha value is -0.120. The Morgan fingerprint density at radius 1 is 1.33 bits per heavy atom. The normalized spacial score (nSPS) is 28.8. The van der Waals surface area contributed by atoms with E-state index in [1.54, 1.807) is 7.11 Å². The summed E-state index contributed by atoms with van der Waals surface area (Å²) in [5.74, 6) is 0. The number of methoxy groups -OCH3 is 1. The summed E-state index contributed by atoms with van der Waals surface area (Å²) in [6, 6.07) is 0.581. The van der Waals surface area contributed by atoms with Crippen molar-refractivity contribution in [3.8, 4) is 0 Å². The third kappa shape index (κ3) is 3.46. The Morgan fingerprint density at radius 2 is 2.00 bits per heavy atom. The van der Waals surface area contributed by atoms with Gasteiger partial charge in [-0.25, -0.2) is 0 Å². The Morgan fingerprint density at radius 3 is 2.39 bits per heavy atom. The number of nitrogens with two attached hydrogens (primary N) is 1. The van der Waals surface area contributed by atoms with Crippen LogP contribution in [0, 0.1) is 5.41 Å². The van der Waals surface area contributed by atoms with Gasteiger partial charge in [-0.15, -0.1) is 0 Å². The second-order valence-electron chi connectivity index (χ2n) is 6.71. The highest BCUT2D eigenvalue weighted by molar-refractivity contribution is 5.03. The van der Waals surface area contributed by atoms with Crippen molar-refractivity contribution in [3.05, 3.63) is 0 Å². The Labute approximate surface area is 113 Å². The van der Waals surface area contributed by atoms with Gasteiger partial charge in [-0.3, -0.25) is 4.90 Å². The van der Waals surface area contributed by atoms with Crippen molar-refractivity contribution in [2.24, 2.45) is 11.1 Å². The van der Waals surface area contributed by atoms with E-state index in [9.17, 15) is 0 Å². The lowest BCUT2D eigenvalue weighted by Gasteiger charge is -2.45. The van der Waals surface area contributed by atoms with E-state index in [-0.39, 0.29) is 5.54 Å². The summed E-state index contributed by atoms with van der Waals surface area (Å²) in [7, 11) is 1.78. The summed E-state index contributed by atoms with van der Waals surface area (Å²) in [6.45, 7) is 11.9. The molecule has 3 heteroatoms. The molecule has 108 valence electrons. The number of hydrogen-bond donors (Lipinski definition) is 1. The highest BCUT2D eigenvalue weighted by atomic mass is 16.5. The molecule has 0 aliphatic heterocycles. The minimum absolute atomic E-state index is 0.192. The molecule has 2 unspecified atom stereocenters. The van der Waals surface area contributed by atoms with Gasteiger partial charge in [-0.2, -0.15) is 0 Å². The molecular formula is C15H32N2O. The van der Waals surface area contributed by atoms with Crippen LogP contribution in [0.2, 0.25) is 0 Å². The second-order valence-corrected chi connectivity index (χ2v) is 6.71. The van der Waals surface area contributed by atoms with Crippen LogP contribution < -0.4 is 5.73 Å². The van der Waals surface area contributed by atoms with E-state index in [4.69, 9.17) is 10.5 Å². The van der Waals surface area contributed by atoms with E-state index in [1.165, 1.54) is 25.7 Å². The molecule has 0 saturated heterocycles. The first kappa shape index (κ1) is 15.9. The smallest absolute Gasteiger partial charge is 0.0590 e. The molecule has 2 N–H and O–H groups in total. The number of ether oxygens (including phenoxy) is 1. The van der Waals surface area contributed by atoms with Crippen LogP contribution in [0.3, 0.4) is 0 Å². The molecule has 0 spiro atoms. The van der Waals surface area contributed by atoms with E-state index < -0.39 is 0 Å². The molecule has 3 nitrogen and oxygen atoms in total. The maximum absolute atomic E-state index is 6.17.